The maximum absolute atomic E-state index is 2.57. The van der Waals surface area contributed by atoms with Gasteiger partial charge in [0.2, 0.25) is 0 Å². The van der Waals surface area contributed by atoms with E-state index in [2.05, 4.69) is 45.2 Å². The molecule has 108 valence electrons. The van der Waals surface area contributed by atoms with Crippen LogP contribution in [-0.2, 0) is 0 Å². The van der Waals surface area contributed by atoms with Gasteiger partial charge in [0.15, 0.2) is 0 Å². The van der Waals surface area contributed by atoms with E-state index < -0.39 is 0 Å². The zero-order valence-corrected chi connectivity index (χ0v) is 13.2. The fourth-order valence-corrected chi connectivity index (χ4v) is 6.02. The summed E-state index contributed by atoms with van der Waals surface area (Å²) in [6, 6.07) is 11.3. The Kier molecular flexibility index (Phi) is 2.79. The topological polar surface area (TPSA) is 0 Å². The Bertz CT molecular complexity index is 505. The molecular weight excluding hydrogens is 242 g/mol. The van der Waals surface area contributed by atoms with Crippen LogP contribution in [0.5, 0.6) is 0 Å². The van der Waals surface area contributed by atoms with Crippen LogP contribution in [0.2, 0.25) is 0 Å². The van der Waals surface area contributed by atoms with Crippen molar-refractivity contribution in [3.63, 3.8) is 0 Å². The lowest BCUT2D eigenvalue weighted by Crippen LogP contribution is -2.59. The summed E-state index contributed by atoms with van der Waals surface area (Å²) in [4.78, 5) is 0. The summed E-state index contributed by atoms with van der Waals surface area (Å²) in [6.07, 6.45) is 5.81. The molecule has 0 aromatic heterocycles. The van der Waals surface area contributed by atoms with E-state index in [0.29, 0.717) is 0 Å². The smallest absolute Gasteiger partial charge is 0.0929 e. The predicted molar refractivity (Wildman–Crippen MR) is 83.7 cm³/mol. The summed E-state index contributed by atoms with van der Waals surface area (Å²) in [7, 11) is 2.57. The number of rotatable bonds is 2. The number of benzene rings is 1. The Morgan fingerprint density at radius 2 is 1.85 bits per heavy atom. The first-order valence-electron chi connectivity index (χ1n) is 8.55. The first kappa shape index (κ1) is 12.9. The van der Waals surface area contributed by atoms with Gasteiger partial charge in [-0.05, 0) is 24.8 Å². The van der Waals surface area contributed by atoms with Crippen LogP contribution in [0.3, 0.4) is 0 Å². The Hall–Kier alpha value is -0.820. The molecule has 3 aliphatic rings. The molecule has 0 N–H and O–H groups in total. The van der Waals surface area contributed by atoms with Gasteiger partial charge in [-0.25, -0.2) is 0 Å². The number of quaternary nitrogens is 1. The van der Waals surface area contributed by atoms with E-state index >= 15 is 0 Å². The second-order valence-electron chi connectivity index (χ2n) is 7.81. The quantitative estimate of drug-likeness (QED) is 0.709. The van der Waals surface area contributed by atoms with Crippen molar-refractivity contribution in [3.8, 4) is 0 Å². The lowest BCUT2D eigenvalue weighted by atomic mass is 9.74. The summed E-state index contributed by atoms with van der Waals surface area (Å²) < 4.78 is 1.42. The molecule has 6 unspecified atom stereocenters. The van der Waals surface area contributed by atoms with Gasteiger partial charge in [-0.15, -0.1) is 0 Å². The first-order chi connectivity index (χ1) is 9.63. The number of nitrogens with zero attached hydrogens (tertiary/aromatic N) is 1. The minimum absolute atomic E-state index is 0.824. The van der Waals surface area contributed by atoms with E-state index in [1.807, 2.05) is 0 Å². The van der Waals surface area contributed by atoms with Gasteiger partial charge >= 0.3 is 0 Å². The highest BCUT2D eigenvalue weighted by Gasteiger charge is 2.63. The fraction of sp³-hybridized carbons (Fsp3) is 0.684. The van der Waals surface area contributed by atoms with Crippen molar-refractivity contribution in [1.29, 1.82) is 0 Å². The van der Waals surface area contributed by atoms with Crippen molar-refractivity contribution in [2.75, 3.05) is 13.6 Å². The molecule has 3 saturated heterocycles. The average molecular weight is 270 g/mol. The molecule has 6 atom stereocenters. The SMILES string of the molecule is CCC1C(c2ccc(C)cc2)CC2C3CC[N+]2(C)C1C3. The lowest BCUT2D eigenvalue weighted by molar-refractivity contribution is -0.945. The summed E-state index contributed by atoms with van der Waals surface area (Å²) in [6.45, 7) is 6.08. The third kappa shape index (κ3) is 1.59. The number of aryl methyl sites for hydroxylation is 1. The third-order valence-electron chi connectivity index (χ3n) is 7.07. The van der Waals surface area contributed by atoms with Gasteiger partial charge < -0.3 is 4.48 Å². The molecule has 0 aliphatic carbocycles. The lowest BCUT2D eigenvalue weighted by Gasteiger charge is -2.49. The molecule has 20 heavy (non-hydrogen) atoms. The molecule has 4 bridgehead atoms. The molecule has 0 amide bonds. The Morgan fingerprint density at radius 3 is 2.55 bits per heavy atom. The molecule has 0 spiro atoms. The Balaban J connectivity index is 1.70. The maximum atomic E-state index is 2.57. The average Bonchev–Trinajstić information content (AvgIpc) is 2.83. The van der Waals surface area contributed by atoms with Crippen LogP contribution in [0, 0.1) is 18.8 Å². The summed E-state index contributed by atoms with van der Waals surface area (Å²) in [5.41, 5.74) is 3.01. The molecule has 1 nitrogen and oxygen atoms in total. The normalized spacial score (nSPS) is 45.9. The first-order valence-corrected chi connectivity index (χ1v) is 8.55. The van der Waals surface area contributed by atoms with Gasteiger partial charge in [0.25, 0.3) is 0 Å². The molecule has 0 radical (unpaired) electrons. The van der Waals surface area contributed by atoms with Crippen LogP contribution < -0.4 is 0 Å². The minimum atomic E-state index is 0.824. The third-order valence-corrected chi connectivity index (χ3v) is 7.07. The van der Waals surface area contributed by atoms with E-state index in [4.69, 9.17) is 0 Å². The molecule has 0 saturated carbocycles. The van der Waals surface area contributed by atoms with Gasteiger partial charge in [0, 0.05) is 31.1 Å². The zero-order chi connectivity index (χ0) is 13.9. The van der Waals surface area contributed by atoms with Crippen molar-refractivity contribution >= 4 is 0 Å². The molecule has 1 aromatic rings. The van der Waals surface area contributed by atoms with E-state index in [-0.39, 0.29) is 0 Å². The summed E-state index contributed by atoms with van der Waals surface area (Å²) in [5, 5.41) is 0. The van der Waals surface area contributed by atoms with Crippen LogP contribution in [-0.4, -0.2) is 30.2 Å². The van der Waals surface area contributed by atoms with E-state index in [1.165, 1.54) is 42.3 Å². The van der Waals surface area contributed by atoms with Crippen molar-refractivity contribution in [2.24, 2.45) is 11.8 Å². The van der Waals surface area contributed by atoms with Gasteiger partial charge in [-0.1, -0.05) is 36.8 Å². The Labute approximate surface area is 123 Å². The molecule has 3 fully saturated rings. The summed E-state index contributed by atoms with van der Waals surface area (Å²) >= 11 is 0. The second kappa shape index (κ2) is 4.34. The number of hydrogen-bond donors (Lipinski definition) is 0. The van der Waals surface area contributed by atoms with E-state index in [9.17, 15) is 0 Å². The van der Waals surface area contributed by atoms with Gasteiger partial charge in [-0.3, -0.25) is 0 Å². The van der Waals surface area contributed by atoms with E-state index in [1.54, 1.807) is 5.56 Å². The molecule has 1 heteroatoms. The van der Waals surface area contributed by atoms with Crippen LogP contribution in [0.4, 0.5) is 0 Å². The maximum Gasteiger partial charge on any atom is 0.0929 e. The molecule has 3 aliphatic heterocycles. The van der Waals surface area contributed by atoms with E-state index in [0.717, 1.165) is 29.8 Å². The second-order valence-corrected chi connectivity index (χ2v) is 7.81. The minimum Gasteiger partial charge on any atom is -0.321 e. The molecule has 3 heterocycles. The van der Waals surface area contributed by atoms with Crippen molar-refractivity contribution in [1.82, 2.24) is 0 Å². The molecular formula is C19H28N+. The highest BCUT2D eigenvalue weighted by atomic mass is 15.4. The van der Waals surface area contributed by atoms with Gasteiger partial charge in [-0.2, -0.15) is 0 Å². The van der Waals surface area contributed by atoms with Crippen molar-refractivity contribution in [2.45, 2.75) is 57.5 Å². The van der Waals surface area contributed by atoms with Gasteiger partial charge in [0.05, 0.1) is 25.7 Å². The number of piperidine rings is 2. The van der Waals surface area contributed by atoms with Crippen molar-refractivity contribution < 1.29 is 4.48 Å². The summed E-state index contributed by atoms with van der Waals surface area (Å²) in [5.74, 6) is 2.77. The highest BCUT2D eigenvalue weighted by molar-refractivity contribution is 5.27. The largest absolute Gasteiger partial charge is 0.321 e. The standard InChI is InChI=1S/C19H28N/c1-4-16-17(14-7-5-13(2)6-8-14)12-18-15-9-10-20(18,3)19(16)11-15/h5-8,15-19H,4,9-12H2,1-3H3/q+1. The Morgan fingerprint density at radius 1 is 1.10 bits per heavy atom. The predicted octanol–water partition coefficient (Wildman–Crippen LogP) is 4.12. The van der Waals surface area contributed by atoms with Crippen LogP contribution >= 0.6 is 0 Å². The monoisotopic (exact) mass is 270 g/mol. The number of hydrogen-bond acceptors (Lipinski definition) is 0. The van der Waals surface area contributed by atoms with Crippen molar-refractivity contribution in [3.05, 3.63) is 35.4 Å². The molecule has 4 rings (SSSR count). The highest BCUT2D eigenvalue weighted by Crippen LogP contribution is 2.57. The molecule has 1 aromatic carbocycles. The van der Waals surface area contributed by atoms with Gasteiger partial charge in [0.1, 0.15) is 0 Å². The van der Waals surface area contributed by atoms with Crippen LogP contribution in [0.15, 0.2) is 24.3 Å². The fourth-order valence-electron chi connectivity index (χ4n) is 6.02. The van der Waals surface area contributed by atoms with Crippen LogP contribution in [0.1, 0.15) is 49.7 Å². The van der Waals surface area contributed by atoms with Crippen LogP contribution in [0.25, 0.3) is 0 Å². The zero-order valence-electron chi connectivity index (χ0n) is 13.2.